The highest BCUT2D eigenvalue weighted by Crippen LogP contribution is 2.48. The molecule has 0 atom stereocenters. The first-order valence-corrected chi connectivity index (χ1v) is 26.3. The molecule has 0 aromatic heterocycles. The summed E-state index contributed by atoms with van der Waals surface area (Å²) in [6.07, 6.45) is 0. The maximum Gasteiger partial charge on any atom is 0.252 e. The number of hydrogen-bond donors (Lipinski definition) is 0. The highest BCUT2D eigenvalue weighted by Gasteiger charge is 2.44. The van der Waals surface area contributed by atoms with Gasteiger partial charge in [-0.2, -0.15) is 0 Å². The van der Waals surface area contributed by atoms with Gasteiger partial charge in [-0.15, -0.1) is 0 Å². The summed E-state index contributed by atoms with van der Waals surface area (Å²) in [6.45, 7) is 13.4. The minimum atomic E-state index is -0.0949. The number of hydrogen-bond acceptors (Lipinski definition) is 2. The molecule has 11 aromatic rings. The van der Waals surface area contributed by atoms with E-state index in [1.165, 1.54) is 139 Å². The maximum absolute atomic E-state index is 2.57. The van der Waals surface area contributed by atoms with Crippen LogP contribution in [0.15, 0.2) is 237 Å². The van der Waals surface area contributed by atoms with Crippen LogP contribution in [0.5, 0.6) is 0 Å². The molecular weight excluding hydrogens is 904 g/mol. The predicted molar refractivity (Wildman–Crippen MR) is 322 cm³/mol. The van der Waals surface area contributed by atoms with E-state index in [-0.39, 0.29) is 6.71 Å². The lowest BCUT2D eigenvalue weighted by Crippen LogP contribution is -2.61. The topological polar surface area (TPSA) is 6.48 Å². The zero-order chi connectivity index (χ0) is 50.9. The molecule has 0 aliphatic carbocycles. The molecule has 2 aliphatic rings. The second kappa shape index (κ2) is 18.5. The second-order valence-corrected chi connectivity index (χ2v) is 20.9. The molecule has 0 fully saturated rings. The highest BCUT2D eigenvalue weighted by molar-refractivity contribution is 7.00. The Hall–Kier alpha value is -8.92. The summed E-state index contributed by atoms with van der Waals surface area (Å²) >= 11 is 0. The van der Waals surface area contributed by atoms with Gasteiger partial charge in [-0.1, -0.05) is 187 Å². The van der Waals surface area contributed by atoms with E-state index in [9.17, 15) is 0 Å². The summed E-state index contributed by atoms with van der Waals surface area (Å²) in [5, 5.41) is 0. The number of anilines is 6. The molecule has 0 radical (unpaired) electrons. The molecule has 0 saturated carbocycles. The first-order valence-electron chi connectivity index (χ1n) is 26.3. The SMILES string of the molecule is Cc1cc(C)c(-c2ccc3c(c2)B2c4cc(-c5c(C)cc(C)cc5C)ccc4N(c4cc(-c5ccccc5)cc(-c5ccccc5)c4)c4cccc(c42)N3c2cc(-c3ccccc3)cc(-c3ccccc3)c2)c(C)c1. The van der Waals surface area contributed by atoms with Crippen molar-refractivity contribution in [2.24, 2.45) is 0 Å². The van der Waals surface area contributed by atoms with Gasteiger partial charge in [-0.05, 0) is 208 Å². The first kappa shape index (κ1) is 45.9. The van der Waals surface area contributed by atoms with Crippen molar-refractivity contribution in [1.29, 1.82) is 0 Å². The highest BCUT2D eigenvalue weighted by atomic mass is 15.2. The van der Waals surface area contributed by atoms with Gasteiger partial charge in [0.1, 0.15) is 0 Å². The van der Waals surface area contributed by atoms with Gasteiger partial charge in [-0.3, -0.25) is 0 Å². The van der Waals surface area contributed by atoms with Crippen molar-refractivity contribution in [2.45, 2.75) is 41.5 Å². The lowest BCUT2D eigenvalue weighted by atomic mass is 9.33. The van der Waals surface area contributed by atoms with Crippen LogP contribution in [0, 0.1) is 41.5 Å². The summed E-state index contributed by atoms with van der Waals surface area (Å²) < 4.78 is 0. The third-order valence-corrected chi connectivity index (χ3v) is 15.7. The Morgan fingerprint density at radius 3 is 0.893 bits per heavy atom. The van der Waals surface area contributed by atoms with E-state index >= 15 is 0 Å². The molecule has 0 N–H and O–H groups in total. The van der Waals surface area contributed by atoms with Crippen molar-refractivity contribution < 1.29 is 0 Å². The van der Waals surface area contributed by atoms with Gasteiger partial charge >= 0.3 is 0 Å². The fourth-order valence-corrected chi connectivity index (χ4v) is 12.8. The Morgan fingerprint density at radius 2 is 0.573 bits per heavy atom. The zero-order valence-corrected chi connectivity index (χ0v) is 43.5. The van der Waals surface area contributed by atoms with Crippen molar-refractivity contribution in [3.63, 3.8) is 0 Å². The smallest absolute Gasteiger partial charge is 0.252 e. The monoisotopic (exact) mass is 960 g/mol. The lowest BCUT2D eigenvalue weighted by molar-refractivity contribution is 1.25. The molecule has 0 unspecified atom stereocenters. The van der Waals surface area contributed by atoms with Gasteiger partial charge in [0, 0.05) is 34.1 Å². The average molecular weight is 961 g/mol. The molecule has 11 aromatic carbocycles. The average Bonchev–Trinajstić information content (AvgIpc) is 3.44. The van der Waals surface area contributed by atoms with Crippen LogP contribution >= 0.6 is 0 Å². The molecule has 2 nitrogen and oxygen atoms in total. The Labute approximate surface area is 443 Å². The summed E-state index contributed by atoms with van der Waals surface area (Å²) in [4.78, 5) is 5.14. The zero-order valence-electron chi connectivity index (χ0n) is 43.5. The summed E-state index contributed by atoms with van der Waals surface area (Å²) in [5.74, 6) is 0. The molecule has 13 rings (SSSR count). The Kier molecular flexibility index (Phi) is 11.3. The Morgan fingerprint density at radius 1 is 0.253 bits per heavy atom. The third-order valence-electron chi connectivity index (χ3n) is 15.7. The van der Waals surface area contributed by atoms with E-state index in [0.29, 0.717) is 0 Å². The molecule has 0 saturated heterocycles. The summed E-state index contributed by atoms with van der Waals surface area (Å²) in [5.41, 5.74) is 33.1. The maximum atomic E-state index is 2.57. The minimum absolute atomic E-state index is 0.0949. The van der Waals surface area contributed by atoms with E-state index in [2.05, 4.69) is 288 Å². The normalized spacial score (nSPS) is 12.3. The van der Waals surface area contributed by atoms with E-state index in [1.54, 1.807) is 0 Å². The van der Waals surface area contributed by atoms with Gasteiger partial charge in [0.15, 0.2) is 0 Å². The molecule has 0 spiro atoms. The lowest BCUT2D eigenvalue weighted by Gasteiger charge is -2.44. The van der Waals surface area contributed by atoms with E-state index in [0.717, 1.165) is 11.4 Å². The molecule has 3 heteroatoms. The molecule has 0 bridgehead atoms. The second-order valence-electron chi connectivity index (χ2n) is 20.9. The Bertz CT molecular complexity index is 3590. The van der Waals surface area contributed by atoms with Crippen molar-refractivity contribution >= 4 is 57.2 Å². The number of nitrogens with zero attached hydrogens (tertiary/aromatic N) is 2. The summed E-state index contributed by atoms with van der Waals surface area (Å²) in [7, 11) is 0. The number of rotatable bonds is 8. The molecule has 2 aliphatic heterocycles. The van der Waals surface area contributed by atoms with Gasteiger partial charge < -0.3 is 9.80 Å². The molecular formula is C72H57BN2. The van der Waals surface area contributed by atoms with Crippen LogP contribution in [0.25, 0.3) is 66.8 Å². The van der Waals surface area contributed by atoms with E-state index in [1.807, 2.05) is 0 Å². The van der Waals surface area contributed by atoms with Gasteiger partial charge in [0.25, 0.3) is 6.71 Å². The van der Waals surface area contributed by atoms with Crippen LogP contribution in [0.3, 0.4) is 0 Å². The fourth-order valence-electron chi connectivity index (χ4n) is 12.8. The fraction of sp³-hybridized carbons (Fsp3) is 0.0833. The van der Waals surface area contributed by atoms with Crippen molar-refractivity contribution in [3.8, 4) is 66.8 Å². The van der Waals surface area contributed by atoms with Gasteiger partial charge in [0.05, 0.1) is 0 Å². The largest absolute Gasteiger partial charge is 0.311 e. The molecule has 75 heavy (non-hydrogen) atoms. The van der Waals surface area contributed by atoms with Crippen LogP contribution in [0.2, 0.25) is 0 Å². The van der Waals surface area contributed by atoms with Crippen LogP contribution in [-0.4, -0.2) is 6.71 Å². The third kappa shape index (κ3) is 8.08. The number of benzene rings is 11. The molecule has 2 heterocycles. The Balaban J connectivity index is 1.13. The van der Waals surface area contributed by atoms with Crippen LogP contribution < -0.4 is 26.2 Å². The summed E-state index contributed by atoms with van der Waals surface area (Å²) in [6, 6.07) is 88.7. The van der Waals surface area contributed by atoms with Crippen LogP contribution in [-0.2, 0) is 0 Å². The quantitative estimate of drug-likeness (QED) is 0.140. The van der Waals surface area contributed by atoms with Gasteiger partial charge in [-0.25, -0.2) is 0 Å². The predicted octanol–water partition coefficient (Wildman–Crippen LogP) is 17.6. The van der Waals surface area contributed by atoms with Crippen LogP contribution in [0.4, 0.5) is 34.1 Å². The van der Waals surface area contributed by atoms with Crippen LogP contribution in [0.1, 0.15) is 33.4 Å². The van der Waals surface area contributed by atoms with Crippen molar-refractivity contribution in [1.82, 2.24) is 0 Å². The van der Waals surface area contributed by atoms with Gasteiger partial charge in [0.2, 0.25) is 0 Å². The van der Waals surface area contributed by atoms with Crippen molar-refractivity contribution in [2.75, 3.05) is 9.80 Å². The number of fused-ring (bicyclic) bond motifs is 4. The molecule has 0 amide bonds. The van der Waals surface area contributed by atoms with E-state index < -0.39 is 0 Å². The first-order chi connectivity index (χ1) is 36.6. The molecule has 358 valence electrons. The van der Waals surface area contributed by atoms with Crippen molar-refractivity contribution in [3.05, 3.63) is 270 Å². The minimum Gasteiger partial charge on any atom is -0.311 e. The number of aryl methyl sites for hydroxylation is 6. The van der Waals surface area contributed by atoms with E-state index in [4.69, 9.17) is 0 Å². The standard InChI is InChI=1S/C72H57BN2/c1-46-34-48(3)70(49(4)35-46)56-30-32-66-64(44-56)73-65-45-57(71-50(5)36-47(2)37-51(71)6)31-33-67(65)75(63-42-60(54-24-15-9-16-25-54)39-61(43-63)55-26-17-10-18-27-55)69-29-19-28-68(72(69)73)74(66)62-40-58(52-20-11-7-12-21-52)38-59(41-62)53-22-13-8-14-23-53/h7-45H,1-6H3.